The summed E-state index contributed by atoms with van der Waals surface area (Å²) in [5.74, 6) is -0.213. The van der Waals surface area contributed by atoms with E-state index >= 15 is 0 Å². The molecule has 0 spiro atoms. The van der Waals surface area contributed by atoms with Crippen LogP contribution < -0.4 is 10.6 Å². The highest BCUT2D eigenvalue weighted by atomic mass is 32.1. The normalized spacial score (nSPS) is 14.6. The Morgan fingerprint density at radius 2 is 1.95 bits per heavy atom. The molecule has 0 heterocycles. The van der Waals surface area contributed by atoms with Crippen molar-refractivity contribution >= 4 is 17.3 Å². The van der Waals surface area contributed by atoms with Gasteiger partial charge < -0.3 is 10.6 Å². The molecule has 0 fully saturated rings. The molecular formula is C16H21FN2S. The van der Waals surface area contributed by atoms with Crippen molar-refractivity contribution in [3.05, 3.63) is 47.3 Å². The van der Waals surface area contributed by atoms with Crippen molar-refractivity contribution in [3.8, 4) is 0 Å². The lowest BCUT2D eigenvalue weighted by atomic mass is 9.97. The zero-order valence-electron chi connectivity index (χ0n) is 11.6. The maximum absolute atomic E-state index is 12.8. The quantitative estimate of drug-likeness (QED) is 0.639. The van der Waals surface area contributed by atoms with Crippen LogP contribution in [0, 0.1) is 5.82 Å². The molecule has 2 nitrogen and oxygen atoms in total. The lowest BCUT2D eigenvalue weighted by molar-refractivity contribution is 0.626. The van der Waals surface area contributed by atoms with Gasteiger partial charge in [-0.25, -0.2) is 4.39 Å². The summed E-state index contributed by atoms with van der Waals surface area (Å²) in [4.78, 5) is 0. The lowest BCUT2D eigenvalue weighted by Crippen LogP contribution is -2.35. The van der Waals surface area contributed by atoms with E-state index < -0.39 is 0 Å². The fraction of sp³-hybridized carbons (Fsp3) is 0.438. The highest BCUT2D eigenvalue weighted by molar-refractivity contribution is 7.80. The lowest BCUT2D eigenvalue weighted by Gasteiger charge is -2.14. The van der Waals surface area contributed by atoms with E-state index in [1.54, 1.807) is 17.7 Å². The molecule has 0 atom stereocenters. The molecule has 2 rings (SSSR count). The topological polar surface area (TPSA) is 24.1 Å². The van der Waals surface area contributed by atoms with Crippen LogP contribution in [0.25, 0.3) is 0 Å². The molecule has 4 heteroatoms. The summed E-state index contributed by atoms with van der Waals surface area (Å²) < 4.78 is 12.8. The van der Waals surface area contributed by atoms with Crippen molar-refractivity contribution in [2.45, 2.75) is 38.6 Å². The monoisotopic (exact) mass is 292 g/mol. The number of rotatable bonds is 5. The van der Waals surface area contributed by atoms with Crippen molar-refractivity contribution < 1.29 is 4.39 Å². The van der Waals surface area contributed by atoms with Crippen molar-refractivity contribution in [1.82, 2.24) is 10.6 Å². The zero-order chi connectivity index (χ0) is 14.2. The molecule has 1 aliphatic carbocycles. The van der Waals surface area contributed by atoms with Crippen molar-refractivity contribution in [2.24, 2.45) is 0 Å². The predicted molar refractivity (Wildman–Crippen MR) is 85.0 cm³/mol. The van der Waals surface area contributed by atoms with Gasteiger partial charge in [-0.1, -0.05) is 23.8 Å². The van der Waals surface area contributed by atoms with Crippen molar-refractivity contribution in [2.75, 3.05) is 6.54 Å². The summed E-state index contributed by atoms with van der Waals surface area (Å²) in [6.45, 7) is 1.50. The summed E-state index contributed by atoms with van der Waals surface area (Å²) in [7, 11) is 0. The highest BCUT2D eigenvalue weighted by Crippen LogP contribution is 2.19. The molecule has 1 aromatic rings. The van der Waals surface area contributed by atoms with Gasteiger partial charge in [0.05, 0.1) is 0 Å². The Morgan fingerprint density at radius 1 is 1.15 bits per heavy atom. The van der Waals surface area contributed by atoms with E-state index in [1.165, 1.54) is 37.8 Å². The fourth-order valence-corrected chi connectivity index (χ4v) is 2.49. The number of allylic oxidation sites excluding steroid dienone is 1. The van der Waals surface area contributed by atoms with Crippen LogP contribution in [-0.2, 0) is 6.54 Å². The Hall–Kier alpha value is -1.42. The highest BCUT2D eigenvalue weighted by Gasteiger charge is 2.03. The van der Waals surface area contributed by atoms with E-state index in [1.807, 2.05) is 0 Å². The minimum absolute atomic E-state index is 0.213. The average Bonchev–Trinajstić information content (AvgIpc) is 2.48. The third-order valence-corrected chi connectivity index (χ3v) is 3.77. The van der Waals surface area contributed by atoms with E-state index in [0.29, 0.717) is 11.7 Å². The SMILES string of the molecule is Fc1ccc(CNC(=S)NCCC2=CCCCC2)cc1. The molecule has 0 saturated carbocycles. The molecular weight excluding hydrogens is 271 g/mol. The molecule has 1 aliphatic rings. The second-order valence-corrected chi connectivity index (χ2v) is 5.50. The summed E-state index contributed by atoms with van der Waals surface area (Å²) in [6.07, 6.45) is 8.53. The number of hydrogen-bond donors (Lipinski definition) is 2. The van der Waals surface area contributed by atoms with Gasteiger partial charge in [-0.3, -0.25) is 0 Å². The fourth-order valence-electron chi connectivity index (χ4n) is 2.32. The predicted octanol–water partition coefficient (Wildman–Crippen LogP) is 3.68. The summed E-state index contributed by atoms with van der Waals surface area (Å²) >= 11 is 5.23. The minimum atomic E-state index is -0.213. The first kappa shape index (κ1) is 15.0. The Kier molecular flexibility index (Phi) is 5.99. The van der Waals surface area contributed by atoms with Crippen LogP contribution >= 0.6 is 12.2 Å². The van der Waals surface area contributed by atoms with Crippen LogP contribution in [0.4, 0.5) is 4.39 Å². The van der Waals surface area contributed by atoms with Crippen molar-refractivity contribution in [3.63, 3.8) is 0 Å². The Morgan fingerprint density at radius 3 is 2.65 bits per heavy atom. The van der Waals surface area contributed by atoms with Gasteiger partial charge in [0.2, 0.25) is 0 Å². The van der Waals surface area contributed by atoms with Gasteiger partial charge in [-0.2, -0.15) is 0 Å². The van der Waals surface area contributed by atoms with Crippen LogP contribution in [0.2, 0.25) is 0 Å². The molecule has 0 bridgehead atoms. The van der Waals surface area contributed by atoms with Gasteiger partial charge in [-0.05, 0) is 62.0 Å². The number of halogens is 1. The maximum Gasteiger partial charge on any atom is 0.166 e. The summed E-state index contributed by atoms with van der Waals surface area (Å²) in [6, 6.07) is 6.45. The van der Waals surface area contributed by atoms with Gasteiger partial charge in [-0.15, -0.1) is 0 Å². The first-order valence-corrected chi connectivity index (χ1v) is 7.59. The molecule has 0 aromatic heterocycles. The molecule has 0 amide bonds. The standard InChI is InChI=1S/C16H21FN2S/c17-15-8-6-14(7-9-15)12-19-16(20)18-11-10-13-4-2-1-3-5-13/h4,6-9H,1-3,5,10-12H2,(H2,18,19,20). The van der Waals surface area contributed by atoms with E-state index in [9.17, 15) is 4.39 Å². The molecule has 0 radical (unpaired) electrons. The zero-order valence-corrected chi connectivity index (χ0v) is 12.4. The maximum atomic E-state index is 12.8. The van der Waals surface area contributed by atoms with E-state index in [-0.39, 0.29) is 5.82 Å². The van der Waals surface area contributed by atoms with Gasteiger partial charge in [0.1, 0.15) is 5.82 Å². The van der Waals surface area contributed by atoms with E-state index in [0.717, 1.165) is 18.5 Å². The molecule has 0 saturated heterocycles. The third kappa shape index (κ3) is 5.29. The Labute approximate surface area is 125 Å². The van der Waals surface area contributed by atoms with Gasteiger partial charge in [0, 0.05) is 13.1 Å². The average molecular weight is 292 g/mol. The van der Waals surface area contributed by atoms with E-state index in [2.05, 4.69) is 16.7 Å². The number of benzene rings is 1. The second-order valence-electron chi connectivity index (χ2n) is 5.09. The van der Waals surface area contributed by atoms with Crippen LogP contribution in [0.1, 0.15) is 37.7 Å². The van der Waals surface area contributed by atoms with Crippen LogP contribution in [-0.4, -0.2) is 11.7 Å². The smallest absolute Gasteiger partial charge is 0.166 e. The molecule has 108 valence electrons. The number of thiocarbonyl (C=S) groups is 1. The van der Waals surface area contributed by atoms with Crippen molar-refractivity contribution in [1.29, 1.82) is 0 Å². The second kappa shape index (κ2) is 8.00. The van der Waals surface area contributed by atoms with Crippen LogP contribution in [0.15, 0.2) is 35.9 Å². The largest absolute Gasteiger partial charge is 0.362 e. The first-order chi connectivity index (χ1) is 9.74. The van der Waals surface area contributed by atoms with E-state index in [4.69, 9.17) is 12.2 Å². The molecule has 0 unspecified atom stereocenters. The van der Waals surface area contributed by atoms with Gasteiger partial charge in [0.15, 0.2) is 5.11 Å². The van der Waals surface area contributed by atoms with Crippen LogP contribution in [0.3, 0.4) is 0 Å². The molecule has 2 N–H and O–H groups in total. The first-order valence-electron chi connectivity index (χ1n) is 7.18. The number of hydrogen-bond acceptors (Lipinski definition) is 1. The Bertz CT molecular complexity index is 468. The minimum Gasteiger partial charge on any atom is -0.362 e. The van der Waals surface area contributed by atoms with Gasteiger partial charge >= 0.3 is 0 Å². The van der Waals surface area contributed by atoms with Gasteiger partial charge in [0.25, 0.3) is 0 Å². The number of nitrogens with one attached hydrogen (secondary N) is 2. The summed E-state index contributed by atoms with van der Waals surface area (Å²) in [5, 5.41) is 7.01. The molecule has 20 heavy (non-hydrogen) atoms. The Balaban J connectivity index is 1.62. The molecule has 0 aliphatic heterocycles. The summed E-state index contributed by atoms with van der Waals surface area (Å²) in [5.41, 5.74) is 2.57. The third-order valence-electron chi connectivity index (χ3n) is 3.48. The molecule has 1 aromatic carbocycles. The van der Waals surface area contributed by atoms with Crippen LogP contribution in [0.5, 0.6) is 0 Å².